The van der Waals surface area contributed by atoms with E-state index in [4.69, 9.17) is 9.47 Å². The Bertz CT molecular complexity index is 745. The summed E-state index contributed by atoms with van der Waals surface area (Å²) in [6.07, 6.45) is -0.584. The number of hydrogen-bond acceptors (Lipinski definition) is 4. The average Bonchev–Trinajstić information content (AvgIpc) is 2.70. The van der Waals surface area contributed by atoms with Crippen LogP contribution in [0.2, 0.25) is 0 Å². The second-order valence-corrected chi connectivity index (χ2v) is 6.72. The van der Waals surface area contributed by atoms with Crippen LogP contribution in [0, 0.1) is 5.92 Å². The van der Waals surface area contributed by atoms with E-state index in [-0.39, 0.29) is 18.4 Å². The van der Waals surface area contributed by atoms with Crippen molar-refractivity contribution in [3.63, 3.8) is 0 Å². The molecule has 6 nitrogen and oxygen atoms in total. The van der Waals surface area contributed by atoms with Crippen molar-refractivity contribution in [2.24, 2.45) is 5.92 Å². The Labute approximate surface area is 166 Å². The largest absolute Gasteiger partial charge is 0.489 e. The maximum atomic E-state index is 12.4. The van der Waals surface area contributed by atoms with Crippen LogP contribution in [0.4, 0.5) is 4.79 Å². The third-order valence-electron chi connectivity index (χ3n) is 4.14. The van der Waals surface area contributed by atoms with Gasteiger partial charge in [0, 0.05) is 6.54 Å². The first-order chi connectivity index (χ1) is 13.5. The van der Waals surface area contributed by atoms with Gasteiger partial charge in [-0.15, -0.1) is 0 Å². The minimum atomic E-state index is -0.641. The van der Waals surface area contributed by atoms with Gasteiger partial charge in [0.2, 0.25) is 5.91 Å². The Morgan fingerprint density at radius 1 is 0.964 bits per heavy atom. The Kier molecular flexibility index (Phi) is 8.34. The molecule has 0 fully saturated rings. The van der Waals surface area contributed by atoms with E-state index in [0.717, 1.165) is 16.9 Å². The lowest BCUT2D eigenvalue weighted by Gasteiger charge is -2.21. The fraction of sp³-hybridized carbons (Fsp3) is 0.364. The second-order valence-electron chi connectivity index (χ2n) is 6.72. The standard InChI is InChI=1S/C22H28N2O4/c1-4-27-22(26)24-20(16(2)3)21(25)23-14-17-10-12-18(13-11-17)15-28-19-8-6-5-7-9-19/h5-13,16,20H,4,14-15H2,1-3H3,(H,23,25)(H,24,26). The van der Waals surface area contributed by atoms with Crippen LogP contribution in [0.15, 0.2) is 54.6 Å². The molecule has 0 aliphatic heterocycles. The zero-order valence-electron chi connectivity index (χ0n) is 16.6. The van der Waals surface area contributed by atoms with E-state index in [1.807, 2.05) is 68.4 Å². The minimum Gasteiger partial charge on any atom is -0.489 e. The molecule has 0 heterocycles. The molecule has 150 valence electrons. The lowest BCUT2D eigenvalue weighted by atomic mass is 10.0. The van der Waals surface area contributed by atoms with Crippen molar-refractivity contribution in [1.82, 2.24) is 10.6 Å². The molecular formula is C22H28N2O4. The molecule has 0 radical (unpaired) electrons. The van der Waals surface area contributed by atoms with Gasteiger partial charge >= 0.3 is 6.09 Å². The topological polar surface area (TPSA) is 76.7 Å². The molecule has 0 spiro atoms. The summed E-state index contributed by atoms with van der Waals surface area (Å²) in [4.78, 5) is 24.0. The van der Waals surface area contributed by atoms with Gasteiger partial charge in [-0.25, -0.2) is 4.79 Å². The van der Waals surface area contributed by atoms with Gasteiger partial charge in [0.05, 0.1) is 6.61 Å². The fourth-order valence-electron chi connectivity index (χ4n) is 2.57. The smallest absolute Gasteiger partial charge is 0.407 e. The summed E-state index contributed by atoms with van der Waals surface area (Å²) in [5.41, 5.74) is 2.01. The van der Waals surface area contributed by atoms with Gasteiger partial charge in [-0.3, -0.25) is 4.79 Å². The van der Waals surface area contributed by atoms with Crippen LogP contribution in [-0.4, -0.2) is 24.6 Å². The third kappa shape index (κ3) is 6.95. The van der Waals surface area contributed by atoms with Crippen molar-refractivity contribution < 1.29 is 19.1 Å². The molecule has 0 saturated heterocycles. The van der Waals surface area contributed by atoms with Crippen molar-refractivity contribution in [1.29, 1.82) is 0 Å². The second kappa shape index (κ2) is 11.0. The number of carbonyl (C=O) groups excluding carboxylic acids is 2. The summed E-state index contributed by atoms with van der Waals surface area (Å²) in [6, 6.07) is 16.9. The quantitative estimate of drug-likeness (QED) is 0.692. The zero-order chi connectivity index (χ0) is 20.4. The molecule has 0 saturated carbocycles. The van der Waals surface area contributed by atoms with Crippen molar-refractivity contribution in [3.8, 4) is 5.75 Å². The molecule has 2 amide bonds. The third-order valence-corrected chi connectivity index (χ3v) is 4.14. The maximum Gasteiger partial charge on any atom is 0.407 e. The summed E-state index contributed by atoms with van der Waals surface area (Å²) < 4.78 is 10.6. The molecule has 2 aromatic carbocycles. The van der Waals surface area contributed by atoms with Crippen LogP contribution in [0.1, 0.15) is 31.9 Å². The SMILES string of the molecule is CCOC(=O)NC(C(=O)NCc1ccc(COc2ccccc2)cc1)C(C)C. The van der Waals surface area contributed by atoms with E-state index >= 15 is 0 Å². The highest BCUT2D eigenvalue weighted by atomic mass is 16.5. The number of para-hydroxylation sites is 1. The van der Waals surface area contributed by atoms with Crippen molar-refractivity contribution in [2.45, 2.75) is 40.0 Å². The van der Waals surface area contributed by atoms with Gasteiger partial charge in [-0.2, -0.15) is 0 Å². The van der Waals surface area contributed by atoms with E-state index < -0.39 is 12.1 Å². The Balaban J connectivity index is 1.83. The minimum absolute atomic E-state index is 0.0538. The number of rotatable bonds is 9. The lowest BCUT2D eigenvalue weighted by molar-refractivity contribution is -0.124. The molecule has 1 unspecified atom stereocenters. The molecule has 1 atom stereocenters. The van der Waals surface area contributed by atoms with E-state index in [1.165, 1.54) is 0 Å². The van der Waals surface area contributed by atoms with Crippen LogP contribution < -0.4 is 15.4 Å². The van der Waals surface area contributed by atoms with Gasteiger partial charge in [0.25, 0.3) is 0 Å². The van der Waals surface area contributed by atoms with Crippen LogP contribution in [0.5, 0.6) is 5.75 Å². The summed E-state index contributed by atoms with van der Waals surface area (Å²) in [5.74, 6) is 0.536. The van der Waals surface area contributed by atoms with E-state index in [9.17, 15) is 9.59 Å². The van der Waals surface area contributed by atoms with Gasteiger partial charge < -0.3 is 20.1 Å². The maximum absolute atomic E-state index is 12.4. The number of hydrogen-bond donors (Lipinski definition) is 2. The lowest BCUT2D eigenvalue weighted by Crippen LogP contribution is -2.49. The van der Waals surface area contributed by atoms with Crippen LogP contribution in [0.25, 0.3) is 0 Å². The highest BCUT2D eigenvalue weighted by Crippen LogP contribution is 2.12. The molecule has 0 aliphatic carbocycles. The highest BCUT2D eigenvalue weighted by Gasteiger charge is 2.24. The molecule has 2 rings (SSSR count). The number of nitrogens with one attached hydrogen (secondary N) is 2. The summed E-state index contributed by atoms with van der Waals surface area (Å²) in [5, 5.41) is 5.47. The summed E-state index contributed by atoms with van der Waals surface area (Å²) in [6.45, 7) is 6.59. The van der Waals surface area contributed by atoms with Crippen LogP contribution in [-0.2, 0) is 22.7 Å². The molecule has 0 aliphatic rings. The predicted molar refractivity (Wildman–Crippen MR) is 108 cm³/mol. The zero-order valence-corrected chi connectivity index (χ0v) is 16.6. The van der Waals surface area contributed by atoms with E-state index in [2.05, 4.69) is 10.6 Å². The normalized spacial score (nSPS) is 11.6. The highest BCUT2D eigenvalue weighted by molar-refractivity contribution is 5.85. The van der Waals surface area contributed by atoms with Gasteiger partial charge in [0.1, 0.15) is 18.4 Å². The monoisotopic (exact) mass is 384 g/mol. The first-order valence-electron chi connectivity index (χ1n) is 9.46. The summed E-state index contributed by atoms with van der Waals surface area (Å²) >= 11 is 0. The van der Waals surface area contributed by atoms with Crippen LogP contribution in [0.3, 0.4) is 0 Å². The fourth-order valence-corrected chi connectivity index (χ4v) is 2.57. The van der Waals surface area contributed by atoms with Crippen molar-refractivity contribution in [2.75, 3.05) is 6.61 Å². The number of carbonyl (C=O) groups is 2. The average molecular weight is 384 g/mol. The van der Waals surface area contributed by atoms with Crippen molar-refractivity contribution >= 4 is 12.0 Å². The molecule has 2 N–H and O–H groups in total. The van der Waals surface area contributed by atoms with Gasteiger partial charge in [0.15, 0.2) is 0 Å². The number of benzene rings is 2. The molecule has 0 aromatic heterocycles. The molecule has 0 bridgehead atoms. The van der Waals surface area contributed by atoms with E-state index in [0.29, 0.717) is 13.2 Å². The van der Waals surface area contributed by atoms with Crippen molar-refractivity contribution in [3.05, 3.63) is 65.7 Å². The summed E-state index contributed by atoms with van der Waals surface area (Å²) in [7, 11) is 0. The molecular weight excluding hydrogens is 356 g/mol. The van der Waals surface area contributed by atoms with Gasteiger partial charge in [-0.1, -0.05) is 56.3 Å². The Morgan fingerprint density at radius 3 is 2.21 bits per heavy atom. The number of ether oxygens (including phenoxy) is 2. The molecule has 28 heavy (non-hydrogen) atoms. The number of amides is 2. The Morgan fingerprint density at radius 2 is 1.61 bits per heavy atom. The van der Waals surface area contributed by atoms with Gasteiger partial charge in [-0.05, 0) is 36.1 Å². The number of alkyl carbamates (subject to hydrolysis) is 1. The molecule has 2 aromatic rings. The first-order valence-corrected chi connectivity index (χ1v) is 9.46. The first kappa shape index (κ1) is 21.3. The molecule has 6 heteroatoms. The predicted octanol–water partition coefficient (Wildman–Crippen LogP) is 3.65. The van der Waals surface area contributed by atoms with Crippen LogP contribution >= 0.6 is 0 Å². The Hall–Kier alpha value is -3.02. The van der Waals surface area contributed by atoms with E-state index in [1.54, 1.807) is 6.92 Å².